The van der Waals surface area contributed by atoms with Crippen molar-refractivity contribution in [3.8, 4) is 0 Å². The van der Waals surface area contributed by atoms with E-state index < -0.39 is 12.2 Å². The largest absolute Gasteiger partial charge is 0.398 e. The molecule has 0 unspecified atom stereocenters. The summed E-state index contributed by atoms with van der Waals surface area (Å²) in [6, 6.07) is 2.81. The number of nitrogen functional groups attached to an aromatic ring is 1. The first-order chi connectivity index (χ1) is 6.11. The molecule has 0 radical (unpaired) electrons. The van der Waals surface area contributed by atoms with Crippen LogP contribution in [-0.2, 0) is 0 Å². The molecule has 0 heterocycles. The van der Waals surface area contributed by atoms with Gasteiger partial charge in [0.25, 0.3) is 6.43 Å². The normalized spacial score (nSPS) is 9.38. The van der Waals surface area contributed by atoms with E-state index >= 15 is 0 Å². The molecule has 0 aliphatic rings. The van der Waals surface area contributed by atoms with Crippen molar-refractivity contribution in [2.24, 2.45) is 0 Å². The summed E-state index contributed by atoms with van der Waals surface area (Å²) in [5.74, 6) is -0.605. The molecule has 1 aromatic rings. The smallest absolute Gasteiger partial charge is 0.265 e. The molecule has 0 saturated carbocycles. The van der Waals surface area contributed by atoms with Crippen molar-refractivity contribution in [1.82, 2.24) is 0 Å². The van der Waals surface area contributed by atoms with Crippen molar-refractivity contribution >= 4 is 5.69 Å². The van der Waals surface area contributed by atoms with Crippen LogP contribution < -0.4 is 5.73 Å². The number of hydrogen-bond acceptors (Lipinski definition) is 1. The molecule has 0 aromatic heterocycles. The minimum atomic E-state index is -2.64. The third-order valence-electron chi connectivity index (χ3n) is 1.28. The zero-order valence-corrected chi connectivity index (χ0v) is 7.52. The number of benzene rings is 1. The molecule has 2 N–H and O–H groups in total. The topological polar surface area (TPSA) is 26.0 Å². The molecule has 0 amide bonds. The van der Waals surface area contributed by atoms with Crippen molar-refractivity contribution in [3.63, 3.8) is 0 Å². The molecule has 0 aliphatic carbocycles. The second kappa shape index (κ2) is 5.45. The monoisotopic (exact) mass is 191 g/mol. The second-order valence-electron chi connectivity index (χ2n) is 2.07. The van der Waals surface area contributed by atoms with Crippen LogP contribution in [0.4, 0.5) is 18.9 Å². The summed E-state index contributed by atoms with van der Waals surface area (Å²) in [6.07, 6.45) is -2.64. The van der Waals surface area contributed by atoms with Crippen LogP contribution in [0.15, 0.2) is 18.2 Å². The van der Waals surface area contributed by atoms with Gasteiger partial charge in [0.1, 0.15) is 5.82 Å². The molecule has 1 aromatic carbocycles. The van der Waals surface area contributed by atoms with Gasteiger partial charge in [0.15, 0.2) is 0 Å². The van der Waals surface area contributed by atoms with Gasteiger partial charge >= 0.3 is 0 Å². The Balaban J connectivity index is 0.000000671. The van der Waals surface area contributed by atoms with Gasteiger partial charge in [-0.2, -0.15) is 0 Å². The fourth-order valence-electron chi connectivity index (χ4n) is 0.744. The van der Waals surface area contributed by atoms with Gasteiger partial charge in [-0.15, -0.1) is 0 Å². The maximum Gasteiger partial charge on any atom is 0.265 e. The van der Waals surface area contributed by atoms with Crippen molar-refractivity contribution < 1.29 is 13.2 Å². The summed E-state index contributed by atoms with van der Waals surface area (Å²) in [5.41, 5.74) is 4.57. The lowest BCUT2D eigenvalue weighted by atomic mass is 10.2. The average molecular weight is 191 g/mol. The van der Waals surface area contributed by atoms with Crippen LogP contribution in [-0.4, -0.2) is 0 Å². The van der Waals surface area contributed by atoms with Crippen LogP contribution in [0.1, 0.15) is 25.8 Å². The molecule has 13 heavy (non-hydrogen) atoms. The van der Waals surface area contributed by atoms with E-state index in [0.29, 0.717) is 0 Å². The number of hydrogen-bond donors (Lipinski definition) is 1. The van der Waals surface area contributed by atoms with Crippen LogP contribution in [0.5, 0.6) is 0 Å². The molecular weight excluding hydrogens is 179 g/mol. The summed E-state index contributed by atoms with van der Waals surface area (Å²) < 4.78 is 36.2. The Morgan fingerprint density at radius 2 is 1.77 bits per heavy atom. The Kier molecular flexibility index (Phi) is 4.96. The molecule has 0 aliphatic heterocycles. The van der Waals surface area contributed by atoms with Crippen LogP contribution in [0, 0.1) is 5.82 Å². The number of nitrogens with two attached hydrogens (primary N) is 1. The Labute approximate surface area is 75.4 Å². The Hall–Kier alpha value is -1.19. The van der Waals surface area contributed by atoms with Gasteiger partial charge in [0, 0.05) is 11.3 Å². The van der Waals surface area contributed by atoms with Gasteiger partial charge in [0.05, 0.1) is 0 Å². The number of alkyl halides is 2. The maximum atomic E-state index is 12.3. The molecule has 1 nitrogen and oxygen atoms in total. The summed E-state index contributed by atoms with van der Waals surface area (Å²) in [5, 5.41) is 0. The van der Waals surface area contributed by atoms with E-state index in [2.05, 4.69) is 0 Å². The molecule has 1 rings (SSSR count). The fourth-order valence-corrected chi connectivity index (χ4v) is 0.744. The van der Waals surface area contributed by atoms with Crippen LogP contribution in [0.3, 0.4) is 0 Å². The number of anilines is 1. The van der Waals surface area contributed by atoms with Gasteiger partial charge in [-0.1, -0.05) is 13.8 Å². The second-order valence-corrected chi connectivity index (χ2v) is 2.07. The molecule has 0 spiro atoms. The summed E-state index contributed by atoms with van der Waals surface area (Å²) in [4.78, 5) is 0. The predicted octanol–water partition coefficient (Wildman–Crippen LogP) is 3.37. The van der Waals surface area contributed by atoms with Crippen molar-refractivity contribution in [2.45, 2.75) is 20.3 Å². The van der Waals surface area contributed by atoms with Crippen LogP contribution in [0.25, 0.3) is 0 Å². The fraction of sp³-hybridized carbons (Fsp3) is 0.333. The maximum absolute atomic E-state index is 12.3. The molecule has 4 heteroatoms. The van der Waals surface area contributed by atoms with E-state index in [9.17, 15) is 13.2 Å². The van der Waals surface area contributed by atoms with Crippen LogP contribution >= 0.6 is 0 Å². The molecule has 0 fully saturated rings. The number of rotatable bonds is 1. The average Bonchev–Trinajstić information content (AvgIpc) is 2.07. The Morgan fingerprint density at radius 1 is 1.23 bits per heavy atom. The van der Waals surface area contributed by atoms with E-state index in [1.807, 2.05) is 13.8 Å². The first-order valence-electron chi connectivity index (χ1n) is 3.94. The highest BCUT2D eigenvalue weighted by Crippen LogP contribution is 2.24. The van der Waals surface area contributed by atoms with Crippen molar-refractivity contribution in [1.29, 1.82) is 0 Å². The molecule has 74 valence electrons. The van der Waals surface area contributed by atoms with Crippen molar-refractivity contribution in [2.75, 3.05) is 5.73 Å². The molecule has 0 atom stereocenters. The first kappa shape index (κ1) is 11.8. The predicted molar refractivity (Wildman–Crippen MR) is 47.1 cm³/mol. The lowest BCUT2D eigenvalue weighted by molar-refractivity contribution is 0.152. The minimum absolute atomic E-state index is 0.208. The van der Waals surface area contributed by atoms with Gasteiger partial charge in [0.2, 0.25) is 0 Å². The summed E-state index contributed by atoms with van der Waals surface area (Å²) >= 11 is 0. The minimum Gasteiger partial charge on any atom is -0.398 e. The third kappa shape index (κ3) is 3.36. The highest BCUT2D eigenvalue weighted by molar-refractivity contribution is 5.47. The van der Waals surface area contributed by atoms with Gasteiger partial charge in [-0.05, 0) is 18.2 Å². The molecule has 0 saturated heterocycles. The Morgan fingerprint density at radius 3 is 2.15 bits per heavy atom. The van der Waals surface area contributed by atoms with E-state index in [4.69, 9.17) is 5.73 Å². The standard InChI is InChI=1S/C7H6F3N.C2H6/c8-4-1-2-5(7(9)10)6(11)3-4;1-2/h1-3,7H,11H2;1-2H3. The van der Waals surface area contributed by atoms with E-state index in [1.165, 1.54) is 0 Å². The molecular formula is C9H12F3N. The SMILES string of the molecule is CC.Nc1cc(F)ccc1C(F)F. The van der Waals surface area contributed by atoms with Crippen LogP contribution in [0.2, 0.25) is 0 Å². The lowest BCUT2D eigenvalue weighted by Gasteiger charge is -2.02. The summed E-state index contributed by atoms with van der Waals surface area (Å²) in [7, 11) is 0. The van der Waals surface area contributed by atoms with E-state index in [-0.39, 0.29) is 11.3 Å². The lowest BCUT2D eigenvalue weighted by Crippen LogP contribution is -1.94. The highest BCUT2D eigenvalue weighted by Gasteiger charge is 2.10. The number of halogens is 3. The third-order valence-corrected chi connectivity index (χ3v) is 1.28. The van der Waals surface area contributed by atoms with Crippen molar-refractivity contribution in [3.05, 3.63) is 29.6 Å². The summed E-state index contributed by atoms with van der Waals surface area (Å²) in [6.45, 7) is 4.00. The van der Waals surface area contributed by atoms with Gasteiger partial charge in [-0.3, -0.25) is 0 Å². The zero-order chi connectivity index (χ0) is 10.4. The quantitative estimate of drug-likeness (QED) is 0.676. The zero-order valence-electron chi connectivity index (χ0n) is 7.52. The highest BCUT2D eigenvalue weighted by atomic mass is 19.3. The van der Waals surface area contributed by atoms with Gasteiger partial charge in [-0.25, -0.2) is 13.2 Å². The molecule has 0 bridgehead atoms. The van der Waals surface area contributed by atoms with E-state index in [1.54, 1.807) is 0 Å². The van der Waals surface area contributed by atoms with Gasteiger partial charge < -0.3 is 5.73 Å². The first-order valence-corrected chi connectivity index (χ1v) is 3.94. The van der Waals surface area contributed by atoms with E-state index in [0.717, 1.165) is 18.2 Å². The Bertz CT molecular complexity index is 261.